The summed E-state index contributed by atoms with van der Waals surface area (Å²) in [5.74, 6) is 0. The van der Waals surface area contributed by atoms with Crippen LogP contribution in [0.4, 0.5) is 0 Å². The van der Waals surface area contributed by atoms with Gasteiger partial charge in [0.15, 0.2) is 0 Å². The number of hydrogen-bond acceptors (Lipinski definition) is 3. The first-order valence-corrected chi connectivity index (χ1v) is 21.8. The zero-order valence-corrected chi connectivity index (χ0v) is 32.9. The van der Waals surface area contributed by atoms with E-state index in [0.29, 0.717) is 13.6 Å². The number of alkyl halides is 2. The molecule has 0 radical (unpaired) electrons. The van der Waals surface area contributed by atoms with E-state index in [0.717, 1.165) is 38.9 Å². The number of halogens is 2. The van der Waals surface area contributed by atoms with E-state index in [-0.39, 0.29) is 0 Å². The highest BCUT2D eigenvalue weighted by Gasteiger charge is 1.96. The van der Waals surface area contributed by atoms with Crippen LogP contribution in [0.5, 0.6) is 0 Å². The lowest BCUT2D eigenvalue weighted by Gasteiger charge is -2.06. The third kappa shape index (κ3) is 44.3. The molecule has 0 unspecified atom stereocenters. The van der Waals surface area contributed by atoms with Gasteiger partial charge in [0.2, 0.25) is 0 Å². The minimum atomic E-state index is 0.332. The van der Waals surface area contributed by atoms with Crippen LogP contribution < -0.4 is 0 Å². The molecular formula is C40H76Br2O3. The lowest BCUT2D eigenvalue weighted by Crippen LogP contribution is -2.06. The Bertz CT molecular complexity index is 522. The lowest BCUT2D eigenvalue weighted by molar-refractivity contribution is -0.131. The number of hydrogen-bond donors (Lipinski definition) is 0. The number of ether oxygens (including phenoxy) is 3. The van der Waals surface area contributed by atoms with Gasteiger partial charge in [0, 0.05) is 23.9 Å². The largest absolute Gasteiger partial charge is 0.355 e. The summed E-state index contributed by atoms with van der Waals surface area (Å²) in [4.78, 5) is 0. The minimum Gasteiger partial charge on any atom is -0.355 e. The van der Waals surface area contributed by atoms with E-state index in [1.165, 1.54) is 178 Å². The smallest absolute Gasteiger partial charge is 0.149 e. The van der Waals surface area contributed by atoms with E-state index in [1.807, 2.05) is 0 Å². The summed E-state index contributed by atoms with van der Waals surface area (Å²) < 4.78 is 16.5. The van der Waals surface area contributed by atoms with Gasteiger partial charge in [-0.15, -0.1) is 0 Å². The molecule has 0 aromatic rings. The zero-order valence-electron chi connectivity index (χ0n) is 29.7. The van der Waals surface area contributed by atoms with Crippen molar-refractivity contribution in [1.29, 1.82) is 0 Å². The molecule has 0 amide bonds. The van der Waals surface area contributed by atoms with Crippen LogP contribution in [0.15, 0.2) is 24.3 Å². The monoisotopic (exact) mass is 762 g/mol. The first kappa shape index (κ1) is 45.3. The maximum Gasteiger partial charge on any atom is 0.149 e. The molecular weight excluding hydrogens is 688 g/mol. The average molecular weight is 765 g/mol. The summed E-state index contributed by atoms with van der Waals surface area (Å²) in [7, 11) is 0. The summed E-state index contributed by atoms with van der Waals surface area (Å²) >= 11 is 7.02. The first-order valence-electron chi connectivity index (χ1n) is 19.6. The predicted molar refractivity (Wildman–Crippen MR) is 207 cm³/mol. The number of allylic oxidation sites excluding steroid dienone is 4. The van der Waals surface area contributed by atoms with Crippen molar-refractivity contribution in [3.8, 4) is 0 Å². The lowest BCUT2D eigenvalue weighted by atomic mass is 10.0. The molecule has 268 valence electrons. The van der Waals surface area contributed by atoms with Crippen LogP contribution in [0.1, 0.15) is 193 Å². The predicted octanol–water partition coefficient (Wildman–Crippen LogP) is 14.6. The molecule has 0 aliphatic carbocycles. The Hall–Kier alpha value is 0.320. The molecule has 0 bridgehead atoms. The highest BCUT2D eigenvalue weighted by Crippen LogP contribution is 2.14. The van der Waals surface area contributed by atoms with Crippen molar-refractivity contribution < 1.29 is 14.2 Å². The van der Waals surface area contributed by atoms with Gasteiger partial charge in [-0.1, -0.05) is 185 Å². The molecule has 0 spiro atoms. The number of unbranched alkanes of at least 4 members (excludes halogenated alkanes) is 26. The molecule has 0 aliphatic rings. The molecule has 0 aliphatic heterocycles. The van der Waals surface area contributed by atoms with Crippen LogP contribution >= 0.6 is 31.9 Å². The van der Waals surface area contributed by atoms with E-state index in [1.54, 1.807) is 0 Å². The highest BCUT2D eigenvalue weighted by molar-refractivity contribution is 9.09. The molecule has 0 rings (SSSR count). The maximum absolute atomic E-state index is 5.56. The van der Waals surface area contributed by atoms with Gasteiger partial charge in [-0.25, -0.2) is 0 Å². The van der Waals surface area contributed by atoms with Gasteiger partial charge < -0.3 is 14.2 Å². The van der Waals surface area contributed by atoms with Gasteiger partial charge >= 0.3 is 0 Å². The summed E-state index contributed by atoms with van der Waals surface area (Å²) in [5.41, 5.74) is 0. The third-order valence-electron chi connectivity index (χ3n) is 8.49. The van der Waals surface area contributed by atoms with Crippen molar-refractivity contribution in [3.63, 3.8) is 0 Å². The summed E-state index contributed by atoms with van der Waals surface area (Å²) in [5, 5.41) is 2.34. The second-order valence-corrected chi connectivity index (χ2v) is 14.5. The standard InChI is InChI=1S/C40H76Br2O3/c41-35-31-27-23-19-15-11-7-3-1-5-9-13-17-21-25-29-33-37-43-39-45-40-44-38-34-30-26-22-18-14-10-6-2-4-8-12-16-20-24-28-32-36-42/h21-22,25-26H,1-20,23-24,27-40H2. The van der Waals surface area contributed by atoms with Gasteiger partial charge in [-0.3, -0.25) is 0 Å². The van der Waals surface area contributed by atoms with Crippen molar-refractivity contribution in [2.75, 3.05) is 37.5 Å². The molecule has 3 nitrogen and oxygen atoms in total. The van der Waals surface area contributed by atoms with Gasteiger partial charge in [0.25, 0.3) is 0 Å². The maximum atomic E-state index is 5.56. The van der Waals surface area contributed by atoms with Crippen LogP contribution in [0.25, 0.3) is 0 Å². The second kappa shape index (κ2) is 44.3. The van der Waals surface area contributed by atoms with E-state index < -0.39 is 0 Å². The normalized spacial score (nSPS) is 12.0. The number of rotatable bonds is 40. The zero-order chi connectivity index (χ0) is 32.4. The Kier molecular flexibility index (Phi) is 44.6. The Morgan fingerprint density at radius 1 is 0.267 bits per heavy atom. The first-order chi connectivity index (χ1) is 22.4. The topological polar surface area (TPSA) is 27.7 Å². The molecule has 0 atom stereocenters. The van der Waals surface area contributed by atoms with E-state index in [9.17, 15) is 0 Å². The molecule has 0 fully saturated rings. The SMILES string of the molecule is BrCCCCCCCCCCCCCCC=CCCCOCOCOCCCC=CCCCCCCCCCCCCCCBr. The Labute approximate surface area is 299 Å². The fourth-order valence-electron chi connectivity index (χ4n) is 5.60. The quantitative estimate of drug-likeness (QED) is 0.0269. The van der Waals surface area contributed by atoms with Crippen molar-refractivity contribution in [1.82, 2.24) is 0 Å². The van der Waals surface area contributed by atoms with E-state index in [2.05, 4.69) is 56.2 Å². The van der Waals surface area contributed by atoms with Crippen molar-refractivity contribution >= 4 is 31.9 Å². The Morgan fingerprint density at radius 3 is 0.800 bits per heavy atom. The van der Waals surface area contributed by atoms with Crippen LogP contribution in [-0.4, -0.2) is 37.5 Å². The molecule has 45 heavy (non-hydrogen) atoms. The van der Waals surface area contributed by atoms with E-state index in [4.69, 9.17) is 14.2 Å². The Morgan fingerprint density at radius 2 is 0.511 bits per heavy atom. The molecule has 0 N–H and O–H groups in total. The summed E-state index contributed by atoms with van der Waals surface area (Å²) in [6.45, 7) is 2.17. The molecule has 0 aromatic heterocycles. The van der Waals surface area contributed by atoms with Gasteiger partial charge in [-0.05, 0) is 64.2 Å². The van der Waals surface area contributed by atoms with Crippen molar-refractivity contribution in [2.45, 2.75) is 193 Å². The summed E-state index contributed by atoms with van der Waals surface area (Å²) in [6, 6.07) is 0. The molecule has 5 heteroatoms. The van der Waals surface area contributed by atoms with Gasteiger partial charge in [-0.2, -0.15) is 0 Å². The van der Waals surface area contributed by atoms with E-state index >= 15 is 0 Å². The highest BCUT2D eigenvalue weighted by atomic mass is 79.9. The average Bonchev–Trinajstić information content (AvgIpc) is 3.05. The molecule has 0 saturated carbocycles. The van der Waals surface area contributed by atoms with Crippen molar-refractivity contribution in [3.05, 3.63) is 24.3 Å². The molecule has 0 heterocycles. The Balaban J connectivity index is 3.13. The fraction of sp³-hybridized carbons (Fsp3) is 0.900. The molecule has 0 saturated heterocycles. The van der Waals surface area contributed by atoms with Crippen LogP contribution in [0, 0.1) is 0 Å². The van der Waals surface area contributed by atoms with Crippen molar-refractivity contribution in [2.24, 2.45) is 0 Å². The van der Waals surface area contributed by atoms with Gasteiger partial charge in [0.1, 0.15) is 13.6 Å². The van der Waals surface area contributed by atoms with Crippen LogP contribution in [-0.2, 0) is 14.2 Å². The van der Waals surface area contributed by atoms with Crippen LogP contribution in [0.2, 0.25) is 0 Å². The summed E-state index contributed by atoms with van der Waals surface area (Å²) in [6.07, 6.45) is 49.9. The minimum absolute atomic E-state index is 0.332. The third-order valence-corrected chi connectivity index (χ3v) is 9.62. The van der Waals surface area contributed by atoms with Crippen LogP contribution in [0.3, 0.4) is 0 Å². The van der Waals surface area contributed by atoms with Gasteiger partial charge in [0.05, 0.1) is 0 Å². The fourth-order valence-corrected chi connectivity index (χ4v) is 6.39. The molecule has 0 aromatic carbocycles. The second-order valence-electron chi connectivity index (χ2n) is 12.9.